The molecule has 0 heterocycles. The van der Waals surface area contributed by atoms with Crippen LogP contribution in [0.3, 0.4) is 0 Å². The van der Waals surface area contributed by atoms with Gasteiger partial charge in [0.05, 0.1) is 5.02 Å². The fourth-order valence-corrected chi connectivity index (χ4v) is 2.15. The van der Waals surface area contributed by atoms with Crippen LogP contribution in [0.15, 0.2) is 48.5 Å². The van der Waals surface area contributed by atoms with Gasteiger partial charge in [-0.25, -0.2) is 4.39 Å². The molecular weight excluding hydrogens is 261 g/mol. The van der Waals surface area contributed by atoms with E-state index in [2.05, 4.69) is 29.6 Å². The third kappa shape index (κ3) is 4.66. The van der Waals surface area contributed by atoms with Crippen molar-refractivity contribution in [2.45, 2.75) is 19.4 Å². The Kier molecular flexibility index (Phi) is 5.37. The fraction of sp³-hybridized carbons (Fsp3) is 0.250. The van der Waals surface area contributed by atoms with Crippen LogP contribution in [0.25, 0.3) is 0 Å². The Morgan fingerprint density at radius 3 is 2.53 bits per heavy atom. The van der Waals surface area contributed by atoms with E-state index in [0.717, 1.165) is 31.5 Å². The zero-order chi connectivity index (χ0) is 13.5. The first-order chi connectivity index (χ1) is 9.25. The van der Waals surface area contributed by atoms with Crippen LogP contribution in [0.1, 0.15) is 17.5 Å². The first kappa shape index (κ1) is 14.0. The Morgan fingerprint density at radius 2 is 1.79 bits per heavy atom. The smallest absolute Gasteiger partial charge is 0.141 e. The number of aryl methyl sites for hydroxylation is 1. The summed E-state index contributed by atoms with van der Waals surface area (Å²) >= 11 is 5.73. The van der Waals surface area contributed by atoms with Gasteiger partial charge in [-0.1, -0.05) is 48.0 Å². The molecule has 0 amide bonds. The van der Waals surface area contributed by atoms with E-state index in [1.807, 2.05) is 6.07 Å². The fourth-order valence-electron chi connectivity index (χ4n) is 1.94. The maximum absolute atomic E-state index is 13.0. The lowest BCUT2D eigenvalue weighted by Crippen LogP contribution is -2.15. The molecular formula is C16H17ClFN. The molecule has 2 rings (SSSR count). The van der Waals surface area contributed by atoms with Crippen molar-refractivity contribution in [1.29, 1.82) is 0 Å². The van der Waals surface area contributed by atoms with E-state index in [0.29, 0.717) is 0 Å². The molecule has 0 saturated heterocycles. The van der Waals surface area contributed by atoms with E-state index in [4.69, 9.17) is 11.6 Å². The minimum Gasteiger partial charge on any atom is -0.313 e. The van der Waals surface area contributed by atoms with Crippen LogP contribution in [0.2, 0.25) is 5.02 Å². The molecule has 0 aliphatic carbocycles. The van der Waals surface area contributed by atoms with Crippen LogP contribution in [-0.2, 0) is 13.0 Å². The summed E-state index contributed by atoms with van der Waals surface area (Å²) in [6.45, 7) is 1.65. The van der Waals surface area contributed by atoms with Gasteiger partial charge < -0.3 is 5.32 Å². The van der Waals surface area contributed by atoms with Gasteiger partial charge in [0.15, 0.2) is 0 Å². The number of halogens is 2. The van der Waals surface area contributed by atoms with Crippen LogP contribution in [0.5, 0.6) is 0 Å². The minimum atomic E-state index is -0.366. The summed E-state index contributed by atoms with van der Waals surface area (Å²) in [4.78, 5) is 0. The van der Waals surface area contributed by atoms with E-state index in [1.165, 1.54) is 11.6 Å². The van der Waals surface area contributed by atoms with Crippen LogP contribution in [0.4, 0.5) is 4.39 Å². The summed E-state index contributed by atoms with van der Waals surface area (Å²) in [7, 11) is 0. The van der Waals surface area contributed by atoms with Gasteiger partial charge in [0.2, 0.25) is 0 Å². The van der Waals surface area contributed by atoms with Gasteiger partial charge in [-0.3, -0.25) is 0 Å². The van der Waals surface area contributed by atoms with Crippen molar-refractivity contribution in [3.8, 4) is 0 Å². The molecule has 0 saturated carbocycles. The highest BCUT2D eigenvalue weighted by Gasteiger charge is 2.00. The van der Waals surface area contributed by atoms with Crippen LogP contribution < -0.4 is 5.32 Å². The van der Waals surface area contributed by atoms with Crippen molar-refractivity contribution in [2.75, 3.05) is 6.54 Å². The van der Waals surface area contributed by atoms with Crippen molar-refractivity contribution in [2.24, 2.45) is 0 Å². The molecule has 0 unspecified atom stereocenters. The van der Waals surface area contributed by atoms with E-state index >= 15 is 0 Å². The molecule has 19 heavy (non-hydrogen) atoms. The predicted octanol–water partition coefficient (Wildman–Crippen LogP) is 4.20. The van der Waals surface area contributed by atoms with E-state index in [1.54, 1.807) is 12.1 Å². The molecule has 0 radical (unpaired) electrons. The zero-order valence-corrected chi connectivity index (χ0v) is 11.5. The molecule has 0 fully saturated rings. The molecule has 3 heteroatoms. The van der Waals surface area contributed by atoms with Gasteiger partial charge in [0.1, 0.15) is 5.82 Å². The molecule has 0 aromatic heterocycles. The van der Waals surface area contributed by atoms with Crippen molar-refractivity contribution >= 4 is 11.6 Å². The highest BCUT2D eigenvalue weighted by molar-refractivity contribution is 6.30. The predicted molar refractivity (Wildman–Crippen MR) is 77.9 cm³/mol. The topological polar surface area (TPSA) is 12.0 Å². The third-order valence-corrected chi connectivity index (χ3v) is 3.26. The first-order valence-corrected chi connectivity index (χ1v) is 6.82. The Bertz CT molecular complexity index is 513. The normalized spacial score (nSPS) is 10.6. The van der Waals surface area contributed by atoms with Crippen molar-refractivity contribution in [3.05, 3.63) is 70.5 Å². The Balaban J connectivity index is 1.68. The van der Waals surface area contributed by atoms with Crippen molar-refractivity contribution < 1.29 is 4.39 Å². The molecule has 100 valence electrons. The highest BCUT2D eigenvalue weighted by atomic mass is 35.5. The van der Waals surface area contributed by atoms with Gasteiger partial charge in [0.25, 0.3) is 0 Å². The Hall–Kier alpha value is -1.38. The standard InChI is InChI=1S/C16H17ClFN/c17-15-11-14(8-9-16(15)18)12-19-10-4-7-13-5-2-1-3-6-13/h1-3,5-6,8-9,11,19H,4,7,10,12H2. The number of hydrogen-bond acceptors (Lipinski definition) is 1. The summed E-state index contributed by atoms with van der Waals surface area (Å²) in [5.74, 6) is -0.366. The maximum atomic E-state index is 13.0. The van der Waals surface area contributed by atoms with E-state index in [9.17, 15) is 4.39 Å². The summed E-state index contributed by atoms with van der Waals surface area (Å²) in [5, 5.41) is 3.52. The van der Waals surface area contributed by atoms with Gasteiger partial charge in [-0.15, -0.1) is 0 Å². The molecule has 1 nitrogen and oxygen atoms in total. The van der Waals surface area contributed by atoms with Crippen LogP contribution in [0, 0.1) is 5.82 Å². The van der Waals surface area contributed by atoms with Crippen molar-refractivity contribution in [1.82, 2.24) is 5.32 Å². The number of hydrogen-bond donors (Lipinski definition) is 1. The molecule has 2 aromatic rings. The number of benzene rings is 2. The molecule has 2 aromatic carbocycles. The maximum Gasteiger partial charge on any atom is 0.141 e. The average Bonchev–Trinajstić information content (AvgIpc) is 2.43. The lowest BCUT2D eigenvalue weighted by atomic mass is 10.1. The van der Waals surface area contributed by atoms with E-state index < -0.39 is 0 Å². The third-order valence-electron chi connectivity index (χ3n) is 2.97. The lowest BCUT2D eigenvalue weighted by molar-refractivity contribution is 0.623. The van der Waals surface area contributed by atoms with Crippen LogP contribution in [-0.4, -0.2) is 6.54 Å². The lowest BCUT2D eigenvalue weighted by Gasteiger charge is -2.06. The molecule has 0 aliphatic rings. The molecule has 1 N–H and O–H groups in total. The monoisotopic (exact) mass is 277 g/mol. The first-order valence-electron chi connectivity index (χ1n) is 6.44. The molecule has 0 atom stereocenters. The van der Waals surface area contributed by atoms with Gasteiger partial charge in [-0.2, -0.15) is 0 Å². The molecule has 0 aliphatic heterocycles. The van der Waals surface area contributed by atoms with Gasteiger partial charge >= 0.3 is 0 Å². The number of nitrogens with one attached hydrogen (secondary N) is 1. The van der Waals surface area contributed by atoms with Crippen LogP contribution >= 0.6 is 11.6 Å². The number of rotatable bonds is 6. The summed E-state index contributed by atoms with van der Waals surface area (Å²) in [5.41, 5.74) is 2.36. The van der Waals surface area contributed by atoms with E-state index in [-0.39, 0.29) is 10.8 Å². The quantitative estimate of drug-likeness (QED) is 0.780. The Labute approximate surface area is 118 Å². The second-order valence-corrected chi connectivity index (χ2v) is 4.92. The van der Waals surface area contributed by atoms with Crippen molar-refractivity contribution in [3.63, 3.8) is 0 Å². The molecule has 0 bridgehead atoms. The average molecular weight is 278 g/mol. The van der Waals surface area contributed by atoms with Gasteiger partial charge in [-0.05, 0) is 42.6 Å². The zero-order valence-electron chi connectivity index (χ0n) is 10.7. The van der Waals surface area contributed by atoms with Gasteiger partial charge in [0, 0.05) is 6.54 Å². The largest absolute Gasteiger partial charge is 0.313 e. The summed E-state index contributed by atoms with van der Waals surface area (Å²) < 4.78 is 13.0. The Morgan fingerprint density at radius 1 is 1.00 bits per heavy atom. The SMILES string of the molecule is Fc1ccc(CNCCCc2ccccc2)cc1Cl. The summed E-state index contributed by atoms with van der Waals surface area (Å²) in [6.07, 6.45) is 2.15. The highest BCUT2D eigenvalue weighted by Crippen LogP contribution is 2.15. The minimum absolute atomic E-state index is 0.184. The summed E-state index contributed by atoms with van der Waals surface area (Å²) in [6, 6.07) is 15.3. The molecule has 0 spiro atoms. The second-order valence-electron chi connectivity index (χ2n) is 4.51. The second kappa shape index (κ2) is 7.27.